The lowest BCUT2D eigenvalue weighted by molar-refractivity contribution is -0.125. The van der Waals surface area contributed by atoms with E-state index >= 15 is 0 Å². The fourth-order valence-corrected chi connectivity index (χ4v) is 5.06. The number of hydrogen-bond donors (Lipinski definition) is 1. The van der Waals surface area contributed by atoms with Crippen molar-refractivity contribution in [3.8, 4) is 0 Å². The van der Waals surface area contributed by atoms with Crippen LogP contribution >= 0.6 is 11.8 Å². The Balaban J connectivity index is 1.51. The van der Waals surface area contributed by atoms with Crippen molar-refractivity contribution in [3.63, 3.8) is 0 Å². The van der Waals surface area contributed by atoms with Gasteiger partial charge in [-0.3, -0.25) is 14.6 Å². The fraction of sp³-hybridized carbons (Fsp3) is 0.385. The number of carbonyl (C=O) groups excluding carboxylic acids is 2. The summed E-state index contributed by atoms with van der Waals surface area (Å²) in [5.41, 5.74) is 2.83. The van der Waals surface area contributed by atoms with E-state index in [1.165, 1.54) is 17.3 Å². The molecule has 2 heterocycles. The van der Waals surface area contributed by atoms with E-state index in [9.17, 15) is 9.59 Å². The van der Waals surface area contributed by atoms with E-state index in [1.54, 1.807) is 4.90 Å². The Morgan fingerprint density at radius 1 is 1.12 bits per heavy atom. The minimum absolute atomic E-state index is 0.0381. The Morgan fingerprint density at radius 2 is 1.85 bits per heavy atom. The van der Waals surface area contributed by atoms with Gasteiger partial charge >= 0.3 is 0 Å². The van der Waals surface area contributed by atoms with E-state index in [1.807, 2.05) is 49.4 Å². The van der Waals surface area contributed by atoms with Crippen molar-refractivity contribution in [2.75, 3.05) is 6.54 Å². The highest BCUT2D eigenvalue weighted by molar-refractivity contribution is 8.15. The van der Waals surface area contributed by atoms with Gasteiger partial charge in [0.25, 0.3) is 5.91 Å². The number of aliphatic imine (C=N–C) groups is 2. The van der Waals surface area contributed by atoms with Crippen molar-refractivity contribution in [2.24, 2.45) is 15.9 Å². The van der Waals surface area contributed by atoms with Crippen molar-refractivity contribution in [1.82, 2.24) is 10.2 Å². The van der Waals surface area contributed by atoms with Crippen molar-refractivity contribution in [2.45, 2.75) is 51.3 Å². The molecule has 2 aliphatic rings. The zero-order chi connectivity index (χ0) is 23.4. The van der Waals surface area contributed by atoms with E-state index in [0.717, 1.165) is 17.7 Å². The van der Waals surface area contributed by atoms with Crippen LogP contribution in [-0.2, 0) is 16.0 Å². The highest BCUT2D eigenvalue weighted by Gasteiger charge is 2.42. The molecule has 33 heavy (non-hydrogen) atoms. The summed E-state index contributed by atoms with van der Waals surface area (Å²) in [6, 6.07) is 17.4. The molecule has 0 saturated heterocycles. The summed E-state index contributed by atoms with van der Waals surface area (Å²) >= 11 is 1.35. The van der Waals surface area contributed by atoms with Crippen LogP contribution in [0.15, 0.2) is 64.6 Å². The Kier molecular flexibility index (Phi) is 7.28. The number of hydrogen-bond acceptors (Lipinski definition) is 5. The quantitative estimate of drug-likeness (QED) is 0.625. The average molecular weight is 463 g/mol. The molecule has 0 spiro atoms. The molecule has 2 aromatic carbocycles. The molecule has 2 aliphatic heterocycles. The molecular weight excluding hydrogens is 432 g/mol. The highest BCUT2D eigenvalue weighted by atomic mass is 32.2. The maximum Gasteiger partial charge on any atom is 0.259 e. The van der Waals surface area contributed by atoms with Crippen LogP contribution in [0.4, 0.5) is 5.69 Å². The van der Waals surface area contributed by atoms with Gasteiger partial charge in [0.1, 0.15) is 11.9 Å². The third-order valence-corrected chi connectivity index (χ3v) is 7.03. The maximum atomic E-state index is 13.3. The maximum absolute atomic E-state index is 13.3. The Bertz CT molecular complexity index is 1080. The van der Waals surface area contributed by atoms with Gasteiger partial charge in [0.2, 0.25) is 5.91 Å². The average Bonchev–Trinajstić information content (AvgIpc) is 3.13. The van der Waals surface area contributed by atoms with E-state index in [4.69, 9.17) is 9.98 Å². The minimum Gasteiger partial charge on any atom is -0.355 e. The number of amides is 2. The van der Waals surface area contributed by atoms with E-state index < -0.39 is 6.04 Å². The first kappa shape index (κ1) is 23.2. The van der Waals surface area contributed by atoms with Gasteiger partial charge < -0.3 is 5.32 Å². The molecule has 172 valence electrons. The predicted octanol–water partition coefficient (Wildman–Crippen LogP) is 4.56. The van der Waals surface area contributed by atoms with Gasteiger partial charge in [0.05, 0.1) is 10.9 Å². The van der Waals surface area contributed by atoms with E-state index in [2.05, 4.69) is 31.3 Å². The van der Waals surface area contributed by atoms with Crippen molar-refractivity contribution < 1.29 is 9.59 Å². The summed E-state index contributed by atoms with van der Waals surface area (Å²) < 4.78 is 0. The first-order valence-electron chi connectivity index (χ1n) is 11.6. The second-order valence-corrected chi connectivity index (χ2v) is 9.89. The van der Waals surface area contributed by atoms with Crippen molar-refractivity contribution in [3.05, 3.63) is 65.7 Å². The Hall–Kier alpha value is -2.93. The standard InChI is InChI=1S/C26H30N4O2S/c1-4-22(24(31)27-15-14-18-10-6-5-7-11-18)33-26-29-20-13-9-8-12-19(20)23-28-21(16-17(2)3)25(32)30(23)26/h5-13,17,21-22H,4,14-16H2,1-3H3,(H,27,31)/t21-,22-/m1/s1. The number of nitrogens with one attached hydrogen (secondary N) is 1. The summed E-state index contributed by atoms with van der Waals surface area (Å²) in [7, 11) is 0. The Morgan fingerprint density at radius 3 is 2.58 bits per heavy atom. The van der Waals surface area contributed by atoms with Gasteiger partial charge in [-0.15, -0.1) is 0 Å². The SMILES string of the molecule is CC[C@@H](SC1=Nc2ccccc2C2=N[C@H](CC(C)C)C(=O)N12)C(=O)NCCc1ccccc1. The number of fused-ring (bicyclic) bond motifs is 3. The number of nitrogens with zero attached hydrogens (tertiary/aromatic N) is 3. The van der Waals surface area contributed by atoms with Crippen LogP contribution in [0.1, 0.15) is 44.7 Å². The first-order valence-corrected chi connectivity index (χ1v) is 12.4. The minimum atomic E-state index is -0.406. The van der Waals surface area contributed by atoms with Crippen molar-refractivity contribution >= 4 is 40.3 Å². The van der Waals surface area contributed by atoms with Crippen LogP contribution in [0.5, 0.6) is 0 Å². The van der Waals surface area contributed by atoms with Crippen LogP contribution < -0.4 is 5.32 Å². The molecule has 0 aliphatic carbocycles. The smallest absolute Gasteiger partial charge is 0.259 e. The first-order chi connectivity index (χ1) is 16.0. The predicted molar refractivity (Wildman–Crippen MR) is 135 cm³/mol. The molecule has 6 nitrogen and oxygen atoms in total. The van der Waals surface area contributed by atoms with Crippen LogP contribution in [-0.4, -0.2) is 45.6 Å². The molecule has 2 amide bonds. The molecule has 0 aromatic heterocycles. The lowest BCUT2D eigenvalue weighted by Crippen LogP contribution is -2.43. The highest BCUT2D eigenvalue weighted by Crippen LogP contribution is 2.36. The van der Waals surface area contributed by atoms with Gasteiger partial charge in [-0.25, -0.2) is 9.89 Å². The molecule has 0 unspecified atom stereocenters. The number of amidine groups is 2. The van der Waals surface area contributed by atoms with Crippen LogP contribution in [0.25, 0.3) is 0 Å². The molecule has 1 N–H and O–H groups in total. The largest absolute Gasteiger partial charge is 0.355 e. The molecule has 0 radical (unpaired) electrons. The fourth-order valence-electron chi connectivity index (χ4n) is 4.02. The summed E-state index contributed by atoms with van der Waals surface area (Å²) in [6.45, 7) is 6.74. The molecular formula is C26H30N4O2S. The van der Waals surface area contributed by atoms with Gasteiger partial charge in [0.15, 0.2) is 5.17 Å². The molecule has 0 saturated carbocycles. The number of carbonyl (C=O) groups is 2. The lowest BCUT2D eigenvalue weighted by Gasteiger charge is -2.27. The number of benzene rings is 2. The van der Waals surface area contributed by atoms with E-state index in [-0.39, 0.29) is 17.1 Å². The molecule has 2 aromatic rings. The normalized spacial score (nSPS) is 17.9. The summed E-state index contributed by atoms with van der Waals surface area (Å²) in [4.78, 5) is 37.4. The molecule has 4 rings (SSSR count). The lowest BCUT2D eigenvalue weighted by atomic mass is 10.0. The Labute approximate surface area is 199 Å². The molecule has 0 fully saturated rings. The van der Waals surface area contributed by atoms with Gasteiger partial charge in [-0.2, -0.15) is 0 Å². The second kappa shape index (κ2) is 10.3. The molecule has 0 bridgehead atoms. The monoisotopic (exact) mass is 462 g/mol. The summed E-state index contributed by atoms with van der Waals surface area (Å²) in [5, 5.41) is 3.24. The van der Waals surface area contributed by atoms with Gasteiger partial charge in [-0.1, -0.05) is 75.0 Å². The molecule has 7 heteroatoms. The van der Waals surface area contributed by atoms with Crippen molar-refractivity contribution in [1.29, 1.82) is 0 Å². The number of rotatable bonds is 8. The number of thioether (sulfide) groups is 1. The second-order valence-electron chi connectivity index (χ2n) is 8.72. The topological polar surface area (TPSA) is 74.1 Å². The molecule has 2 atom stereocenters. The van der Waals surface area contributed by atoms with Gasteiger partial charge in [-0.05, 0) is 42.9 Å². The van der Waals surface area contributed by atoms with Crippen LogP contribution in [0.2, 0.25) is 0 Å². The third-order valence-electron chi connectivity index (χ3n) is 5.71. The van der Waals surface area contributed by atoms with Crippen LogP contribution in [0.3, 0.4) is 0 Å². The zero-order valence-electron chi connectivity index (χ0n) is 19.3. The summed E-state index contributed by atoms with van der Waals surface area (Å²) in [6.07, 6.45) is 2.10. The van der Waals surface area contributed by atoms with Gasteiger partial charge in [0, 0.05) is 12.1 Å². The summed E-state index contributed by atoms with van der Waals surface area (Å²) in [5.74, 6) is 0.910. The van der Waals surface area contributed by atoms with E-state index in [0.29, 0.717) is 36.3 Å². The third kappa shape index (κ3) is 5.19. The van der Waals surface area contributed by atoms with Crippen LogP contribution in [0, 0.1) is 5.92 Å². The number of para-hydroxylation sites is 1. The zero-order valence-corrected chi connectivity index (χ0v) is 20.1.